The predicted molar refractivity (Wildman–Crippen MR) is 244 cm³/mol. The second kappa shape index (κ2) is 25.4. The number of isothiocyanates is 2. The Labute approximate surface area is 382 Å². The van der Waals surface area contributed by atoms with Crippen LogP contribution in [0.3, 0.4) is 0 Å². The second-order valence-electron chi connectivity index (χ2n) is 13.3. The molecule has 14 nitrogen and oxygen atoms in total. The molecule has 0 atom stereocenters. The maximum Gasteiger partial charge on any atom is 2.00 e. The number of imide groups is 2. The largest absolute Gasteiger partial charge is 2.00 e. The SMILES string of the molecule is CCCCN1C(=O)C(/C=C/c2ccc3c(c2)c2cc(-c4ccccn4)ncc2n3CC)C(=O)N(CCCC)C1=O.O=C(O)c1ccnc(-c2ccccn2)c1.[N-]=C=S.[N-]=C=S.[Ru+2]. The molecule has 1 aliphatic rings. The van der Waals surface area contributed by atoms with Gasteiger partial charge in [-0.3, -0.25) is 39.3 Å². The number of nitrogens with zero attached hydrogens (tertiary/aromatic N) is 9. The minimum absolute atomic E-state index is 0. The van der Waals surface area contributed by atoms with Gasteiger partial charge in [-0.2, -0.15) is 10.3 Å². The van der Waals surface area contributed by atoms with Crippen LogP contribution in [0.25, 0.3) is 61.5 Å². The van der Waals surface area contributed by atoms with Crippen molar-refractivity contribution in [2.75, 3.05) is 13.1 Å². The molecule has 17 heteroatoms. The van der Waals surface area contributed by atoms with Gasteiger partial charge in [0.25, 0.3) is 0 Å². The number of barbiturate groups is 1. The topological polar surface area (TPSA) is 196 Å². The van der Waals surface area contributed by atoms with E-state index in [1.54, 1.807) is 30.6 Å². The van der Waals surface area contributed by atoms with Crippen LogP contribution in [-0.2, 0) is 35.6 Å². The summed E-state index contributed by atoms with van der Waals surface area (Å²) in [5, 5.41) is 27.9. The Balaban J connectivity index is 0.000000385. The first-order chi connectivity index (χ1) is 29.6. The summed E-state index contributed by atoms with van der Waals surface area (Å²) < 4.78 is 2.23. The van der Waals surface area contributed by atoms with Crippen molar-refractivity contribution in [2.24, 2.45) is 5.92 Å². The van der Waals surface area contributed by atoms with Crippen LogP contribution in [0, 0.1) is 5.92 Å². The number of aromatic carboxylic acids is 1. The van der Waals surface area contributed by atoms with Crippen molar-refractivity contribution in [3.05, 3.63) is 126 Å². The molecule has 1 aliphatic heterocycles. The molecule has 318 valence electrons. The molecule has 5 aromatic heterocycles. The van der Waals surface area contributed by atoms with E-state index in [0.29, 0.717) is 37.3 Å². The number of fused-ring (bicyclic) bond motifs is 3. The number of benzene rings is 1. The Morgan fingerprint density at radius 1 is 0.726 bits per heavy atom. The minimum atomic E-state index is -1.01. The molecule has 62 heavy (non-hydrogen) atoms. The fourth-order valence-corrected chi connectivity index (χ4v) is 6.52. The number of pyridine rings is 4. The smallest absolute Gasteiger partial charge is 0.753 e. The van der Waals surface area contributed by atoms with E-state index < -0.39 is 29.7 Å². The number of unbranched alkanes of at least 4 members (excludes halogenated alkanes) is 2. The third kappa shape index (κ3) is 12.6. The summed E-state index contributed by atoms with van der Waals surface area (Å²) in [4.78, 5) is 70.1. The van der Waals surface area contributed by atoms with Gasteiger partial charge in [0.1, 0.15) is 5.92 Å². The van der Waals surface area contributed by atoms with Gasteiger partial charge in [0.05, 0.1) is 40.1 Å². The van der Waals surface area contributed by atoms with Gasteiger partial charge < -0.3 is 20.5 Å². The summed E-state index contributed by atoms with van der Waals surface area (Å²) >= 11 is 7.40. The Kier molecular flexibility index (Phi) is 20.5. The number of thiocarbonyl (C=S) groups is 2. The van der Waals surface area contributed by atoms with E-state index in [0.717, 1.165) is 58.1 Å². The first kappa shape index (κ1) is 50.0. The van der Waals surface area contributed by atoms with Crippen LogP contribution >= 0.6 is 24.4 Å². The van der Waals surface area contributed by atoms with Crippen molar-refractivity contribution in [2.45, 2.75) is 53.0 Å². The summed E-state index contributed by atoms with van der Waals surface area (Å²) in [6.07, 6.45) is 13.3. The number of rotatable bonds is 12. The number of aromatic nitrogens is 5. The van der Waals surface area contributed by atoms with E-state index in [2.05, 4.69) is 74.1 Å². The maximum atomic E-state index is 13.3. The summed E-state index contributed by atoms with van der Waals surface area (Å²) in [5.41, 5.74) is 6.04. The van der Waals surface area contributed by atoms with Crippen molar-refractivity contribution >= 4 is 86.5 Å². The van der Waals surface area contributed by atoms with Crippen molar-refractivity contribution < 1.29 is 43.8 Å². The Morgan fingerprint density at radius 2 is 1.26 bits per heavy atom. The van der Waals surface area contributed by atoms with E-state index in [-0.39, 0.29) is 25.0 Å². The van der Waals surface area contributed by atoms with Crippen LogP contribution in [0.5, 0.6) is 0 Å². The number of urea groups is 1. The summed E-state index contributed by atoms with van der Waals surface area (Å²) in [6, 6.07) is 21.8. The van der Waals surface area contributed by atoms with Gasteiger partial charge in [-0.1, -0.05) is 81.5 Å². The fourth-order valence-electron chi connectivity index (χ4n) is 6.52. The Bertz CT molecular complexity index is 2540. The monoisotopic (exact) mass is 955 g/mol. The number of amides is 4. The van der Waals surface area contributed by atoms with Gasteiger partial charge in [-0.25, -0.2) is 9.59 Å². The second-order valence-corrected chi connectivity index (χ2v) is 13.6. The normalized spacial score (nSPS) is 12.3. The molecule has 6 heterocycles. The van der Waals surface area contributed by atoms with Gasteiger partial charge in [0.2, 0.25) is 11.8 Å². The van der Waals surface area contributed by atoms with Crippen LogP contribution in [0.2, 0.25) is 0 Å². The van der Waals surface area contributed by atoms with E-state index in [1.807, 2.05) is 56.5 Å². The predicted octanol–water partition coefficient (Wildman–Crippen LogP) is 9.45. The van der Waals surface area contributed by atoms with E-state index >= 15 is 0 Å². The molecule has 4 amide bonds. The molecule has 1 N–H and O–H groups in total. The molecule has 0 radical (unpaired) electrons. The molecular formula is C45H43N9O5RuS2. The molecule has 0 saturated carbocycles. The summed E-state index contributed by atoms with van der Waals surface area (Å²) in [5.74, 6) is -2.86. The average molecular weight is 955 g/mol. The quantitative estimate of drug-likeness (QED) is 0.0531. The van der Waals surface area contributed by atoms with Crippen molar-refractivity contribution in [3.8, 4) is 22.8 Å². The molecule has 1 saturated heterocycles. The van der Waals surface area contributed by atoms with Gasteiger partial charge >= 0.3 is 31.5 Å². The first-order valence-corrected chi connectivity index (χ1v) is 20.2. The van der Waals surface area contributed by atoms with Crippen LogP contribution < -0.4 is 0 Å². The third-order valence-electron chi connectivity index (χ3n) is 9.43. The van der Waals surface area contributed by atoms with E-state index in [9.17, 15) is 19.2 Å². The van der Waals surface area contributed by atoms with Gasteiger partial charge in [-0.15, -0.1) is 0 Å². The molecule has 7 rings (SSSR count). The van der Waals surface area contributed by atoms with E-state index in [4.69, 9.17) is 15.9 Å². The zero-order chi connectivity index (χ0) is 44.3. The minimum Gasteiger partial charge on any atom is -0.753 e. The molecule has 0 unspecified atom stereocenters. The number of carbonyl (C=O) groups is 4. The van der Waals surface area contributed by atoms with Gasteiger partial charge in [-0.05, 0) is 79.9 Å². The third-order valence-corrected chi connectivity index (χ3v) is 9.43. The van der Waals surface area contributed by atoms with Crippen molar-refractivity contribution in [1.82, 2.24) is 34.3 Å². The number of carbonyl (C=O) groups excluding carboxylic acids is 3. The van der Waals surface area contributed by atoms with E-state index in [1.165, 1.54) is 38.5 Å². The van der Waals surface area contributed by atoms with Crippen LogP contribution in [-0.4, -0.2) is 86.6 Å². The van der Waals surface area contributed by atoms with Crippen LogP contribution in [0.4, 0.5) is 4.79 Å². The Hall–Kier alpha value is -6.34. The number of hydrogen-bond donors (Lipinski definition) is 1. The Morgan fingerprint density at radius 3 is 1.76 bits per heavy atom. The molecule has 1 aromatic carbocycles. The molecule has 0 aliphatic carbocycles. The van der Waals surface area contributed by atoms with Gasteiger partial charge in [0, 0.05) is 54.5 Å². The number of carboxylic acid groups (broad SMARTS) is 1. The fraction of sp³-hybridized carbons (Fsp3) is 0.244. The van der Waals surface area contributed by atoms with Crippen LogP contribution in [0.1, 0.15) is 62.4 Å². The zero-order valence-corrected chi connectivity index (χ0v) is 37.6. The molecular weight excluding hydrogens is 912 g/mol. The average Bonchev–Trinajstić information content (AvgIpc) is 3.60. The van der Waals surface area contributed by atoms with Crippen molar-refractivity contribution in [3.63, 3.8) is 0 Å². The molecule has 0 spiro atoms. The number of hydrogen-bond acceptors (Lipinski definition) is 10. The molecule has 1 fully saturated rings. The number of carboxylic acids is 1. The number of aryl methyl sites for hydroxylation is 1. The maximum absolute atomic E-state index is 13.3. The van der Waals surface area contributed by atoms with Crippen molar-refractivity contribution in [1.29, 1.82) is 0 Å². The van der Waals surface area contributed by atoms with Crippen LogP contribution in [0.15, 0.2) is 104 Å². The summed E-state index contributed by atoms with van der Waals surface area (Å²) in [7, 11) is 0. The zero-order valence-electron chi connectivity index (χ0n) is 34.2. The molecule has 6 aromatic rings. The standard InChI is InChI=1S/C32H35N5O3.C11H8N2O2.2CNS.Ru/c1-4-7-17-36-30(38)23(31(39)37(32(36)40)18-8-5-2)14-12-22-13-15-28-24(19-22)25-20-27(26-11-9-10-16-33-26)34-21-29(25)35(28)6-3;14-11(15)8-4-6-13-10(7-8)9-3-1-2-5-12-9;2*2-1-3;/h9-16,19-21,23H,4-8,17-18H2,1-3H3;1-7H,(H,14,15);;;/q;;2*-1;+2/b14-12+;;;;. The summed E-state index contributed by atoms with van der Waals surface area (Å²) in [6.45, 7) is 7.57. The first-order valence-electron chi connectivity index (χ1n) is 19.4. The molecule has 0 bridgehead atoms. The van der Waals surface area contributed by atoms with Gasteiger partial charge in [0.15, 0.2) is 0 Å².